The Morgan fingerprint density at radius 1 is 1.21 bits per heavy atom. The van der Waals surface area contributed by atoms with Gasteiger partial charge < -0.3 is 5.32 Å². The van der Waals surface area contributed by atoms with Gasteiger partial charge in [-0.25, -0.2) is 12.7 Å². The number of anilines is 1. The molecule has 0 spiro atoms. The van der Waals surface area contributed by atoms with E-state index in [4.69, 9.17) is 0 Å². The van der Waals surface area contributed by atoms with E-state index in [0.29, 0.717) is 23.7 Å². The van der Waals surface area contributed by atoms with E-state index < -0.39 is 10.0 Å². The van der Waals surface area contributed by atoms with Gasteiger partial charge in [0, 0.05) is 30.8 Å². The molecule has 1 rings (SSSR count). The van der Waals surface area contributed by atoms with Gasteiger partial charge in [0.25, 0.3) is 0 Å². The van der Waals surface area contributed by atoms with Crippen molar-refractivity contribution in [2.45, 2.75) is 33.6 Å². The summed E-state index contributed by atoms with van der Waals surface area (Å²) in [6, 6.07) is 6.66. The van der Waals surface area contributed by atoms with Gasteiger partial charge in [-0.1, -0.05) is 26.0 Å². The number of hydrogen-bond donors (Lipinski definition) is 1. The first-order chi connectivity index (χ1) is 11.1. The molecule has 0 aliphatic rings. The summed E-state index contributed by atoms with van der Waals surface area (Å²) in [6.07, 6.45) is 1.96. The molecule has 0 bridgehead atoms. The third-order valence-electron chi connectivity index (χ3n) is 3.57. The van der Waals surface area contributed by atoms with Crippen molar-refractivity contribution in [1.82, 2.24) is 4.31 Å². The molecule has 0 aromatic heterocycles. The third-order valence-corrected chi connectivity index (χ3v) is 4.87. The highest BCUT2D eigenvalue weighted by molar-refractivity contribution is 7.88. The molecular weight excluding hydrogens is 328 g/mol. The lowest BCUT2D eigenvalue weighted by Crippen LogP contribution is -2.34. The molecule has 134 valence electrons. The van der Waals surface area contributed by atoms with Crippen LogP contribution >= 0.6 is 0 Å². The topological polar surface area (TPSA) is 83.6 Å². The van der Waals surface area contributed by atoms with Gasteiger partial charge in [-0.05, 0) is 31.4 Å². The number of rotatable bonds is 9. The van der Waals surface area contributed by atoms with Gasteiger partial charge >= 0.3 is 0 Å². The highest BCUT2D eigenvalue weighted by Gasteiger charge is 2.18. The number of nitrogens with one attached hydrogen (secondary N) is 1. The molecule has 0 fully saturated rings. The molecule has 1 amide bonds. The van der Waals surface area contributed by atoms with E-state index in [0.717, 1.165) is 12.7 Å². The van der Waals surface area contributed by atoms with Crippen LogP contribution in [0.2, 0.25) is 0 Å². The molecule has 0 saturated heterocycles. The van der Waals surface area contributed by atoms with Crippen LogP contribution in [0.4, 0.5) is 5.69 Å². The zero-order valence-electron chi connectivity index (χ0n) is 14.7. The molecule has 0 radical (unpaired) electrons. The maximum atomic E-state index is 12.0. The molecule has 0 aliphatic heterocycles. The van der Waals surface area contributed by atoms with Gasteiger partial charge in [0.15, 0.2) is 5.78 Å². The Labute approximate surface area is 144 Å². The SMILES string of the molecule is CC(=O)c1cccc(NC(=O)CCN(CCC(C)C)S(C)(=O)=O)c1. The van der Waals surface area contributed by atoms with Crippen molar-refractivity contribution in [3.8, 4) is 0 Å². The van der Waals surface area contributed by atoms with E-state index in [1.54, 1.807) is 24.3 Å². The Hall–Kier alpha value is -1.73. The van der Waals surface area contributed by atoms with Crippen molar-refractivity contribution >= 4 is 27.4 Å². The molecule has 0 aliphatic carbocycles. The molecule has 24 heavy (non-hydrogen) atoms. The monoisotopic (exact) mass is 354 g/mol. The number of carbonyl (C=O) groups excluding carboxylic acids is 2. The zero-order valence-corrected chi connectivity index (χ0v) is 15.5. The largest absolute Gasteiger partial charge is 0.326 e. The van der Waals surface area contributed by atoms with Crippen molar-refractivity contribution in [2.75, 3.05) is 24.7 Å². The minimum atomic E-state index is -3.34. The number of carbonyl (C=O) groups is 2. The number of ketones is 1. The van der Waals surface area contributed by atoms with E-state index in [1.807, 2.05) is 13.8 Å². The Balaban J connectivity index is 2.63. The summed E-state index contributed by atoms with van der Waals surface area (Å²) in [6.45, 7) is 6.05. The average Bonchev–Trinajstić information content (AvgIpc) is 2.45. The lowest BCUT2D eigenvalue weighted by molar-refractivity contribution is -0.116. The first-order valence-electron chi connectivity index (χ1n) is 7.95. The average molecular weight is 354 g/mol. The quantitative estimate of drug-likeness (QED) is 0.691. The molecule has 0 atom stereocenters. The van der Waals surface area contributed by atoms with Crippen molar-refractivity contribution in [3.63, 3.8) is 0 Å². The summed E-state index contributed by atoms with van der Waals surface area (Å²) in [7, 11) is -3.34. The highest BCUT2D eigenvalue weighted by Crippen LogP contribution is 2.12. The Morgan fingerprint density at radius 3 is 2.42 bits per heavy atom. The molecule has 0 saturated carbocycles. The lowest BCUT2D eigenvalue weighted by atomic mass is 10.1. The molecule has 7 heteroatoms. The predicted octanol–water partition coefficient (Wildman–Crippen LogP) is 2.53. The first-order valence-corrected chi connectivity index (χ1v) is 9.80. The summed E-state index contributed by atoms with van der Waals surface area (Å²) in [5, 5.41) is 2.70. The summed E-state index contributed by atoms with van der Waals surface area (Å²) >= 11 is 0. The number of hydrogen-bond acceptors (Lipinski definition) is 4. The zero-order chi connectivity index (χ0) is 18.3. The van der Waals surface area contributed by atoms with Crippen molar-refractivity contribution in [2.24, 2.45) is 5.92 Å². The van der Waals surface area contributed by atoms with Gasteiger partial charge in [0.2, 0.25) is 15.9 Å². The summed E-state index contributed by atoms with van der Waals surface area (Å²) < 4.78 is 24.9. The van der Waals surface area contributed by atoms with Gasteiger partial charge in [-0.2, -0.15) is 0 Å². The summed E-state index contributed by atoms with van der Waals surface area (Å²) in [5.41, 5.74) is 1.04. The third kappa shape index (κ3) is 7.23. The van der Waals surface area contributed by atoms with Crippen LogP contribution in [0.1, 0.15) is 44.0 Å². The second-order valence-electron chi connectivity index (χ2n) is 6.28. The smallest absolute Gasteiger partial charge is 0.225 e. The predicted molar refractivity (Wildman–Crippen MR) is 95.6 cm³/mol. The van der Waals surface area contributed by atoms with Crippen LogP contribution in [0.25, 0.3) is 0 Å². The molecule has 1 aromatic carbocycles. The van der Waals surface area contributed by atoms with E-state index in [-0.39, 0.29) is 24.7 Å². The van der Waals surface area contributed by atoms with Gasteiger partial charge in [-0.3, -0.25) is 9.59 Å². The minimum Gasteiger partial charge on any atom is -0.326 e. The number of nitrogens with zero attached hydrogens (tertiary/aromatic N) is 1. The lowest BCUT2D eigenvalue weighted by Gasteiger charge is -2.20. The Morgan fingerprint density at radius 2 is 1.88 bits per heavy atom. The number of sulfonamides is 1. The van der Waals surface area contributed by atoms with Crippen LogP contribution in [0.5, 0.6) is 0 Å². The summed E-state index contributed by atoms with van der Waals surface area (Å²) in [4.78, 5) is 23.4. The van der Waals surface area contributed by atoms with Crippen LogP contribution in [-0.4, -0.2) is 43.8 Å². The van der Waals surface area contributed by atoms with E-state index >= 15 is 0 Å². The van der Waals surface area contributed by atoms with Crippen molar-refractivity contribution in [3.05, 3.63) is 29.8 Å². The first kappa shape index (κ1) is 20.3. The van der Waals surface area contributed by atoms with Crippen LogP contribution in [0.15, 0.2) is 24.3 Å². The maximum absolute atomic E-state index is 12.0. The highest BCUT2D eigenvalue weighted by atomic mass is 32.2. The second-order valence-corrected chi connectivity index (χ2v) is 8.26. The summed E-state index contributed by atoms with van der Waals surface area (Å²) in [5.74, 6) is 0.0225. The fraction of sp³-hybridized carbons (Fsp3) is 0.529. The van der Waals surface area contributed by atoms with Crippen molar-refractivity contribution in [1.29, 1.82) is 0 Å². The number of benzene rings is 1. The van der Waals surface area contributed by atoms with Crippen LogP contribution in [-0.2, 0) is 14.8 Å². The maximum Gasteiger partial charge on any atom is 0.225 e. The minimum absolute atomic E-state index is 0.0649. The van der Waals surface area contributed by atoms with Crippen LogP contribution < -0.4 is 5.32 Å². The normalized spacial score (nSPS) is 11.8. The molecule has 0 heterocycles. The molecule has 6 nitrogen and oxygen atoms in total. The molecule has 0 unspecified atom stereocenters. The van der Waals surface area contributed by atoms with E-state index in [2.05, 4.69) is 5.32 Å². The van der Waals surface area contributed by atoms with Crippen LogP contribution in [0, 0.1) is 5.92 Å². The number of Topliss-reactive ketones (excluding diaryl/α,β-unsaturated/α-hetero) is 1. The second kappa shape index (κ2) is 8.94. The fourth-order valence-electron chi connectivity index (χ4n) is 2.11. The molecular formula is C17H26N2O4S. The molecule has 1 aromatic rings. The van der Waals surface area contributed by atoms with Crippen molar-refractivity contribution < 1.29 is 18.0 Å². The van der Waals surface area contributed by atoms with Gasteiger partial charge in [-0.15, -0.1) is 0 Å². The van der Waals surface area contributed by atoms with E-state index in [9.17, 15) is 18.0 Å². The van der Waals surface area contributed by atoms with Crippen LogP contribution in [0.3, 0.4) is 0 Å². The van der Waals surface area contributed by atoms with Gasteiger partial charge in [0.05, 0.1) is 6.26 Å². The Bertz CT molecular complexity index is 684. The standard InChI is InChI=1S/C17H26N2O4S/c1-13(2)8-10-19(24(4,22)23)11-9-17(21)18-16-7-5-6-15(12-16)14(3)20/h5-7,12-13H,8-11H2,1-4H3,(H,18,21). The van der Waals surface area contributed by atoms with E-state index in [1.165, 1.54) is 11.2 Å². The fourth-order valence-corrected chi connectivity index (χ4v) is 2.97. The van der Waals surface area contributed by atoms with Gasteiger partial charge in [0.1, 0.15) is 0 Å². The number of amides is 1. The molecule has 1 N–H and O–H groups in total. The Kier molecular flexibility index (Phi) is 7.57.